The van der Waals surface area contributed by atoms with Crippen LogP contribution in [0.3, 0.4) is 0 Å². The largest absolute Gasteiger partial charge is 0.507 e. The number of hydrogen-bond donors (Lipinski definition) is 2. The number of nitriles is 1. The lowest BCUT2D eigenvalue weighted by molar-refractivity contribution is 0.0428. The van der Waals surface area contributed by atoms with E-state index in [0.29, 0.717) is 5.69 Å². The van der Waals surface area contributed by atoms with E-state index < -0.39 is 22.9 Å². The summed E-state index contributed by atoms with van der Waals surface area (Å²) in [5.74, 6) is -4.61. The summed E-state index contributed by atoms with van der Waals surface area (Å²) in [6.45, 7) is 1.94. The number of aromatic nitrogens is 2. The Morgan fingerprint density at radius 3 is 2.46 bits per heavy atom. The van der Waals surface area contributed by atoms with Crippen molar-refractivity contribution < 1.29 is 23.5 Å². The van der Waals surface area contributed by atoms with Crippen molar-refractivity contribution in [2.24, 2.45) is 0 Å². The van der Waals surface area contributed by atoms with Gasteiger partial charge in [-0.2, -0.15) is 19.1 Å². The Balaban J connectivity index is 1.45. The third-order valence-corrected chi connectivity index (χ3v) is 6.83. The summed E-state index contributed by atoms with van der Waals surface area (Å²) in [6.07, 6.45) is 1.34. The molecule has 5 rings (SSSR count). The molecule has 1 atom stereocenters. The number of anilines is 2. The highest BCUT2D eigenvalue weighted by Crippen LogP contribution is 2.38. The van der Waals surface area contributed by atoms with Crippen LogP contribution in [0.2, 0.25) is 0 Å². The van der Waals surface area contributed by atoms with Gasteiger partial charge in [0.1, 0.15) is 17.5 Å². The second kappa shape index (κ2) is 9.49. The summed E-state index contributed by atoms with van der Waals surface area (Å²) in [5, 5.41) is 24.8. The number of alkyl halides is 2. The van der Waals surface area contributed by atoms with Crippen LogP contribution in [0.4, 0.5) is 20.2 Å². The van der Waals surface area contributed by atoms with Gasteiger partial charge in [-0.05, 0) is 37.3 Å². The highest BCUT2D eigenvalue weighted by molar-refractivity contribution is 6.24. The van der Waals surface area contributed by atoms with Gasteiger partial charge in [0.05, 0.1) is 34.2 Å². The van der Waals surface area contributed by atoms with Crippen molar-refractivity contribution in [3.63, 3.8) is 0 Å². The molecule has 0 spiro atoms. The van der Waals surface area contributed by atoms with Crippen molar-refractivity contribution in [2.45, 2.75) is 24.6 Å². The summed E-state index contributed by atoms with van der Waals surface area (Å²) in [5.41, 5.74) is 0.264. The number of carbonyl (C=O) groups excluding carboxylic acids is 2. The number of rotatable bonds is 5. The third kappa shape index (κ3) is 4.55. The molecule has 2 heterocycles. The van der Waals surface area contributed by atoms with Gasteiger partial charge in [-0.15, -0.1) is 0 Å². The number of hydrogen-bond acceptors (Lipinski definition) is 5. The number of phenols is 1. The lowest BCUT2D eigenvalue weighted by Crippen LogP contribution is -2.57. The number of carbonyl (C=O) groups is 2. The number of fused-ring (bicyclic) bond motifs is 1. The second-order valence-corrected chi connectivity index (χ2v) is 10.3. The van der Waals surface area contributed by atoms with Gasteiger partial charge in [-0.3, -0.25) is 14.3 Å². The highest BCUT2D eigenvalue weighted by atomic mass is 28.1. The molecule has 193 valence electrons. The molecule has 0 saturated heterocycles. The average Bonchev–Trinajstić information content (AvgIpc) is 3.30. The number of nitrogens with zero attached hydrogens (tertiary/aromatic N) is 4. The topological polar surface area (TPSA) is 111 Å². The van der Waals surface area contributed by atoms with E-state index in [0.717, 1.165) is 0 Å². The van der Waals surface area contributed by atoms with E-state index in [1.165, 1.54) is 70.4 Å². The lowest BCUT2D eigenvalue weighted by atomic mass is 9.99. The Labute approximate surface area is 225 Å². The van der Waals surface area contributed by atoms with E-state index in [4.69, 9.17) is 5.26 Å². The minimum absolute atomic E-state index is 0.0713. The molecule has 3 aromatic carbocycles. The fourth-order valence-electron chi connectivity index (χ4n) is 4.51. The Bertz CT molecular complexity index is 1630. The monoisotopic (exact) mass is 540 g/mol. The predicted octanol–water partition coefficient (Wildman–Crippen LogP) is 4.40. The molecule has 11 heteroatoms. The van der Waals surface area contributed by atoms with E-state index in [-0.39, 0.29) is 45.9 Å². The minimum Gasteiger partial charge on any atom is -0.507 e. The zero-order valence-electron chi connectivity index (χ0n) is 20.5. The SMILES string of the molecule is C[C@]1([Si])Cn2ncc(NC(=O)c3ccc(O)c(C#N)c3)c2C(=O)N1c1ccc(C(F)(F)c2ccccc2)cc1. The first kappa shape index (κ1) is 25.8. The molecular weight excluding hydrogens is 520 g/mol. The van der Waals surface area contributed by atoms with E-state index in [2.05, 4.69) is 20.7 Å². The molecular formula is C28H20F2N5O3Si. The number of amides is 2. The Hall–Kier alpha value is -4.82. The predicted molar refractivity (Wildman–Crippen MR) is 140 cm³/mol. The number of phenolic OH excluding ortho intramolecular Hbond substituents is 1. The quantitative estimate of drug-likeness (QED) is 0.365. The second-order valence-electron chi connectivity index (χ2n) is 9.26. The standard InChI is InChI=1S/C28H20F2N5O3Si/c1-27(39)16-34-24(22(15-32-34)33-25(37)17-7-12-23(36)18(13-17)14-31)26(38)35(27)21-10-8-20(9-11-21)28(29,30)19-5-3-2-4-6-19/h2-13,15,36H,16H2,1H3,(H,33,37)/t27-/m0/s1. The van der Waals surface area contributed by atoms with Gasteiger partial charge in [-0.25, -0.2) is 0 Å². The van der Waals surface area contributed by atoms with Gasteiger partial charge in [-0.1, -0.05) is 42.5 Å². The van der Waals surface area contributed by atoms with Gasteiger partial charge in [0.15, 0.2) is 0 Å². The van der Waals surface area contributed by atoms with Crippen LogP contribution in [0.5, 0.6) is 5.75 Å². The number of nitrogens with one attached hydrogen (secondary N) is 1. The van der Waals surface area contributed by atoms with Crippen LogP contribution in [0, 0.1) is 11.3 Å². The van der Waals surface area contributed by atoms with Crippen molar-refractivity contribution in [1.82, 2.24) is 9.78 Å². The third-order valence-electron chi connectivity index (χ3n) is 6.45. The molecule has 0 saturated carbocycles. The molecule has 3 radical (unpaired) electrons. The Kier molecular flexibility index (Phi) is 6.28. The number of halogens is 2. The highest BCUT2D eigenvalue weighted by Gasteiger charge is 2.42. The van der Waals surface area contributed by atoms with Crippen molar-refractivity contribution >= 4 is 33.4 Å². The van der Waals surface area contributed by atoms with Crippen molar-refractivity contribution in [3.05, 3.63) is 107 Å². The molecule has 1 aromatic heterocycles. The van der Waals surface area contributed by atoms with Gasteiger partial charge in [0.2, 0.25) is 0 Å². The fraction of sp³-hybridized carbons (Fsp3) is 0.143. The molecule has 0 bridgehead atoms. The molecule has 1 aliphatic heterocycles. The average molecular weight is 541 g/mol. The van der Waals surface area contributed by atoms with E-state index >= 15 is 8.78 Å². The maximum atomic E-state index is 15.1. The first-order valence-corrected chi connectivity index (χ1v) is 12.3. The first-order chi connectivity index (χ1) is 18.5. The maximum absolute atomic E-state index is 15.1. The van der Waals surface area contributed by atoms with Crippen LogP contribution in [0.15, 0.2) is 79.0 Å². The van der Waals surface area contributed by atoms with E-state index in [9.17, 15) is 14.7 Å². The summed E-state index contributed by atoms with van der Waals surface area (Å²) >= 11 is 0. The van der Waals surface area contributed by atoms with E-state index in [1.54, 1.807) is 31.2 Å². The zero-order valence-corrected chi connectivity index (χ0v) is 21.5. The fourth-order valence-corrected chi connectivity index (χ4v) is 4.89. The van der Waals surface area contributed by atoms with Gasteiger partial charge < -0.3 is 15.3 Å². The summed E-state index contributed by atoms with van der Waals surface area (Å²) < 4.78 is 31.6. The molecule has 39 heavy (non-hydrogen) atoms. The van der Waals surface area contributed by atoms with Crippen LogP contribution < -0.4 is 10.2 Å². The van der Waals surface area contributed by atoms with Crippen LogP contribution in [0.1, 0.15) is 44.5 Å². The van der Waals surface area contributed by atoms with Crippen molar-refractivity contribution in [1.29, 1.82) is 5.26 Å². The molecule has 2 amide bonds. The number of benzene rings is 3. The van der Waals surface area contributed by atoms with Gasteiger partial charge in [0, 0.05) is 27.5 Å². The molecule has 8 nitrogen and oxygen atoms in total. The molecule has 0 unspecified atom stereocenters. The molecule has 0 fully saturated rings. The lowest BCUT2D eigenvalue weighted by Gasteiger charge is -2.42. The van der Waals surface area contributed by atoms with Crippen LogP contribution in [-0.4, -0.2) is 42.1 Å². The van der Waals surface area contributed by atoms with Crippen molar-refractivity contribution in [2.75, 3.05) is 10.2 Å². The first-order valence-electron chi connectivity index (χ1n) is 11.8. The van der Waals surface area contributed by atoms with E-state index in [1.807, 2.05) is 0 Å². The normalized spacial score (nSPS) is 16.9. The summed E-state index contributed by atoms with van der Waals surface area (Å²) in [6, 6.07) is 18.5. The molecule has 0 aliphatic carbocycles. The smallest absolute Gasteiger partial charge is 0.298 e. The molecule has 4 aromatic rings. The Morgan fingerprint density at radius 2 is 1.79 bits per heavy atom. The summed E-state index contributed by atoms with van der Waals surface area (Å²) in [7, 11) is 3.64. The van der Waals surface area contributed by atoms with Crippen LogP contribution in [-0.2, 0) is 12.5 Å². The van der Waals surface area contributed by atoms with Crippen LogP contribution in [0.25, 0.3) is 0 Å². The van der Waals surface area contributed by atoms with Gasteiger partial charge >= 0.3 is 0 Å². The molecule has 1 aliphatic rings. The zero-order chi connectivity index (χ0) is 27.9. The number of aromatic hydroxyl groups is 1. The van der Waals surface area contributed by atoms with Crippen LogP contribution >= 0.6 is 0 Å². The minimum atomic E-state index is -3.22. The summed E-state index contributed by atoms with van der Waals surface area (Å²) in [4.78, 5) is 28.0. The van der Waals surface area contributed by atoms with Gasteiger partial charge in [0.25, 0.3) is 17.7 Å². The Morgan fingerprint density at radius 1 is 1.13 bits per heavy atom. The maximum Gasteiger partial charge on any atom is 0.298 e. The molecule has 2 N–H and O–H groups in total. The van der Waals surface area contributed by atoms with Crippen molar-refractivity contribution in [3.8, 4) is 11.8 Å².